The van der Waals surface area contributed by atoms with E-state index in [0.29, 0.717) is 16.5 Å². The third-order valence-corrected chi connectivity index (χ3v) is 4.55. The molecule has 0 saturated carbocycles. The summed E-state index contributed by atoms with van der Waals surface area (Å²) < 4.78 is 31.3. The molecular formula is C15H15ClN2O4S. The van der Waals surface area contributed by atoms with Crippen LogP contribution in [-0.4, -0.2) is 21.6 Å². The van der Waals surface area contributed by atoms with E-state index >= 15 is 0 Å². The summed E-state index contributed by atoms with van der Waals surface area (Å²) >= 11 is 5.71. The maximum Gasteiger partial charge on any atom is 0.333 e. The van der Waals surface area contributed by atoms with E-state index in [1.165, 1.54) is 31.4 Å². The van der Waals surface area contributed by atoms with Crippen molar-refractivity contribution in [3.63, 3.8) is 0 Å². The van der Waals surface area contributed by atoms with Crippen molar-refractivity contribution in [1.29, 1.82) is 0 Å². The standard InChI is InChI=1S/C15H15ClN2O4S/c1-10-3-8-14(22-2)13(9-10)17-15(19)18-23(20,21)12-6-4-11(16)5-7-12/h3-9H,1-2H3,(H2,17,18,19). The Morgan fingerprint density at radius 2 is 1.78 bits per heavy atom. The molecule has 6 nitrogen and oxygen atoms in total. The van der Waals surface area contributed by atoms with Gasteiger partial charge in [0.1, 0.15) is 5.75 Å². The van der Waals surface area contributed by atoms with Crippen molar-refractivity contribution in [3.05, 3.63) is 53.1 Å². The summed E-state index contributed by atoms with van der Waals surface area (Å²) in [4.78, 5) is 11.9. The van der Waals surface area contributed by atoms with E-state index < -0.39 is 16.1 Å². The third kappa shape index (κ3) is 4.37. The lowest BCUT2D eigenvalue weighted by molar-refractivity contribution is 0.256. The largest absolute Gasteiger partial charge is 0.495 e. The van der Waals surface area contributed by atoms with E-state index in [9.17, 15) is 13.2 Å². The molecule has 0 unspecified atom stereocenters. The number of halogens is 1. The van der Waals surface area contributed by atoms with Crippen LogP contribution in [-0.2, 0) is 10.0 Å². The molecule has 0 bridgehead atoms. The molecule has 2 N–H and O–H groups in total. The number of nitrogens with one attached hydrogen (secondary N) is 2. The second-order valence-electron chi connectivity index (χ2n) is 4.72. The SMILES string of the molecule is COc1ccc(C)cc1NC(=O)NS(=O)(=O)c1ccc(Cl)cc1. The van der Waals surface area contributed by atoms with Gasteiger partial charge in [-0.15, -0.1) is 0 Å². The normalized spacial score (nSPS) is 10.9. The number of aryl methyl sites for hydroxylation is 1. The Morgan fingerprint density at radius 1 is 1.13 bits per heavy atom. The zero-order valence-corrected chi connectivity index (χ0v) is 14.0. The fraction of sp³-hybridized carbons (Fsp3) is 0.133. The Labute approximate surface area is 139 Å². The van der Waals surface area contributed by atoms with Crippen LogP contribution in [0.25, 0.3) is 0 Å². The summed E-state index contributed by atoms with van der Waals surface area (Å²) in [5.74, 6) is 0.426. The van der Waals surface area contributed by atoms with Gasteiger partial charge < -0.3 is 10.1 Å². The Kier molecular flexibility index (Phi) is 5.12. The zero-order valence-electron chi connectivity index (χ0n) is 12.5. The molecule has 23 heavy (non-hydrogen) atoms. The lowest BCUT2D eigenvalue weighted by Crippen LogP contribution is -2.34. The van der Waals surface area contributed by atoms with Gasteiger partial charge in [-0.1, -0.05) is 17.7 Å². The van der Waals surface area contributed by atoms with E-state index in [1.807, 2.05) is 17.7 Å². The van der Waals surface area contributed by atoms with Crippen molar-refractivity contribution in [3.8, 4) is 5.75 Å². The Balaban J connectivity index is 2.16. The molecule has 8 heteroatoms. The van der Waals surface area contributed by atoms with Gasteiger partial charge in [-0.2, -0.15) is 0 Å². The number of hydrogen-bond donors (Lipinski definition) is 2. The first-order valence-corrected chi connectivity index (χ1v) is 8.42. The minimum atomic E-state index is -3.99. The van der Waals surface area contributed by atoms with Gasteiger partial charge in [0, 0.05) is 5.02 Å². The second kappa shape index (κ2) is 6.89. The van der Waals surface area contributed by atoms with E-state index in [2.05, 4.69) is 5.32 Å². The number of rotatable bonds is 4. The fourth-order valence-corrected chi connectivity index (χ4v) is 2.90. The zero-order chi connectivity index (χ0) is 17.0. The van der Waals surface area contributed by atoms with Crippen molar-refractivity contribution in [2.24, 2.45) is 0 Å². The van der Waals surface area contributed by atoms with E-state index in [4.69, 9.17) is 16.3 Å². The van der Waals surface area contributed by atoms with E-state index in [1.54, 1.807) is 12.1 Å². The topological polar surface area (TPSA) is 84.5 Å². The number of carbonyl (C=O) groups excluding carboxylic acids is 1. The van der Waals surface area contributed by atoms with E-state index in [0.717, 1.165) is 5.56 Å². The van der Waals surface area contributed by atoms with Crippen LogP contribution < -0.4 is 14.8 Å². The number of carbonyl (C=O) groups is 1. The second-order valence-corrected chi connectivity index (χ2v) is 6.84. The molecule has 0 aliphatic heterocycles. The molecule has 122 valence electrons. The first-order valence-electron chi connectivity index (χ1n) is 6.56. The Morgan fingerprint density at radius 3 is 2.39 bits per heavy atom. The van der Waals surface area contributed by atoms with Crippen LogP contribution >= 0.6 is 11.6 Å². The van der Waals surface area contributed by atoms with Gasteiger partial charge in [-0.3, -0.25) is 0 Å². The molecule has 2 amide bonds. The predicted molar refractivity (Wildman–Crippen MR) is 88.5 cm³/mol. The first kappa shape index (κ1) is 17.1. The third-order valence-electron chi connectivity index (χ3n) is 2.95. The molecule has 2 rings (SSSR count). The van der Waals surface area contributed by atoms with Crippen LogP contribution in [0.5, 0.6) is 5.75 Å². The van der Waals surface area contributed by atoms with Gasteiger partial charge in [0.25, 0.3) is 10.0 Å². The highest BCUT2D eigenvalue weighted by atomic mass is 35.5. The average Bonchev–Trinajstić information content (AvgIpc) is 2.47. The number of hydrogen-bond acceptors (Lipinski definition) is 4. The number of methoxy groups -OCH3 is 1. The highest BCUT2D eigenvalue weighted by Crippen LogP contribution is 2.25. The lowest BCUT2D eigenvalue weighted by Gasteiger charge is -2.12. The van der Waals surface area contributed by atoms with Crippen LogP contribution in [0, 0.1) is 6.92 Å². The van der Waals surface area contributed by atoms with E-state index in [-0.39, 0.29) is 4.90 Å². The molecule has 2 aromatic carbocycles. The molecule has 0 heterocycles. The summed E-state index contributed by atoms with van der Waals surface area (Å²) in [6.07, 6.45) is 0. The number of benzene rings is 2. The number of ether oxygens (including phenoxy) is 1. The fourth-order valence-electron chi connectivity index (χ4n) is 1.86. The summed E-state index contributed by atoms with van der Waals surface area (Å²) in [6.45, 7) is 1.84. The van der Waals surface area contributed by atoms with Crippen LogP contribution in [0.2, 0.25) is 5.02 Å². The lowest BCUT2D eigenvalue weighted by atomic mass is 10.2. The summed E-state index contributed by atoms with van der Waals surface area (Å²) in [5, 5.41) is 2.86. The molecule has 0 spiro atoms. The monoisotopic (exact) mass is 354 g/mol. The first-order chi connectivity index (χ1) is 10.8. The van der Waals surface area contributed by atoms with Crippen molar-refractivity contribution in [1.82, 2.24) is 4.72 Å². The quantitative estimate of drug-likeness (QED) is 0.883. The summed E-state index contributed by atoms with van der Waals surface area (Å²) in [6, 6.07) is 9.76. The van der Waals surface area contributed by atoms with Crippen LogP contribution in [0.15, 0.2) is 47.4 Å². The molecule has 0 saturated heterocycles. The van der Waals surface area contributed by atoms with Crippen molar-refractivity contribution >= 4 is 33.3 Å². The van der Waals surface area contributed by atoms with Crippen molar-refractivity contribution in [2.75, 3.05) is 12.4 Å². The number of anilines is 1. The molecule has 2 aromatic rings. The maximum atomic E-state index is 12.1. The van der Waals surface area contributed by atoms with Gasteiger partial charge in [0.05, 0.1) is 17.7 Å². The maximum absolute atomic E-state index is 12.1. The molecule has 0 atom stereocenters. The highest BCUT2D eigenvalue weighted by Gasteiger charge is 2.18. The highest BCUT2D eigenvalue weighted by molar-refractivity contribution is 7.90. The van der Waals surface area contributed by atoms with Crippen LogP contribution in [0.1, 0.15) is 5.56 Å². The summed E-state index contributed by atoms with van der Waals surface area (Å²) in [7, 11) is -2.53. The smallest absolute Gasteiger partial charge is 0.333 e. The molecular weight excluding hydrogens is 340 g/mol. The molecule has 0 aliphatic rings. The predicted octanol–water partition coefficient (Wildman–Crippen LogP) is 3.17. The molecule has 0 radical (unpaired) electrons. The van der Waals surface area contributed by atoms with Gasteiger partial charge >= 0.3 is 6.03 Å². The average molecular weight is 355 g/mol. The minimum Gasteiger partial charge on any atom is -0.495 e. The summed E-state index contributed by atoms with van der Waals surface area (Å²) in [5.41, 5.74) is 1.26. The van der Waals surface area contributed by atoms with Gasteiger partial charge in [-0.25, -0.2) is 17.9 Å². The van der Waals surface area contributed by atoms with Crippen molar-refractivity contribution in [2.45, 2.75) is 11.8 Å². The number of sulfonamides is 1. The molecule has 0 fully saturated rings. The Bertz CT molecular complexity index is 820. The molecule has 0 aliphatic carbocycles. The minimum absolute atomic E-state index is 0.0618. The van der Waals surface area contributed by atoms with Gasteiger partial charge in [-0.05, 0) is 48.9 Å². The Hall–Kier alpha value is -2.25. The molecule has 0 aromatic heterocycles. The van der Waals surface area contributed by atoms with Crippen LogP contribution in [0.4, 0.5) is 10.5 Å². The van der Waals surface area contributed by atoms with Gasteiger partial charge in [0.15, 0.2) is 0 Å². The van der Waals surface area contributed by atoms with Gasteiger partial charge in [0.2, 0.25) is 0 Å². The van der Waals surface area contributed by atoms with Crippen molar-refractivity contribution < 1.29 is 17.9 Å². The number of urea groups is 1. The van der Waals surface area contributed by atoms with Crippen LogP contribution in [0.3, 0.4) is 0 Å². The number of amides is 2.